The molecule has 0 radical (unpaired) electrons. The van der Waals surface area contributed by atoms with Gasteiger partial charge in [-0.1, -0.05) is 194 Å². The van der Waals surface area contributed by atoms with Crippen molar-refractivity contribution >= 4 is 126 Å². The number of fused-ring (bicyclic) bond motifs is 3. The van der Waals surface area contributed by atoms with Crippen molar-refractivity contribution in [2.24, 2.45) is 0 Å². The van der Waals surface area contributed by atoms with E-state index in [1.807, 2.05) is 0 Å². The van der Waals surface area contributed by atoms with Crippen LogP contribution in [0.1, 0.15) is 0 Å². The summed E-state index contributed by atoms with van der Waals surface area (Å²) in [7, 11) is 0. The first-order valence-electron chi connectivity index (χ1n) is 25.2. The van der Waals surface area contributed by atoms with Gasteiger partial charge in [0.25, 0.3) is 0 Å². The zero-order valence-corrected chi connectivity index (χ0v) is 39.8. The molecule has 0 saturated heterocycles. The van der Waals surface area contributed by atoms with Crippen LogP contribution >= 0.6 is 0 Å². The van der Waals surface area contributed by atoms with Crippen LogP contribution < -0.4 is 15.5 Å². The van der Waals surface area contributed by atoms with Gasteiger partial charge in [0.1, 0.15) is 0 Å². The highest BCUT2D eigenvalue weighted by Gasteiger charge is 2.21. The highest BCUT2D eigenvalue weighted by Crippen LogP contribution is 2.47. The standard InChI is InChI=1S/C70H45N3/c1-3-12-51(13-4-1)71-64-41-29-48-21-19-46-27-35-56(60-37-39-62(64)69(48)67(46)60)44-23-31-53(32-24-44)73(66-43-50-11-7-8-16-55(50)58-17-9-10-18-59(58)66)54-33-25-45(26-34-54)57-36-28-47-20-22-49-30-42-65(72-52-14-5-2-6-15-52)63-40-38-61(57)68(47)70(49)63/h1-43,71-72H. The van der Waals surface area contributed by atoms with Crippen molar-refractivity contribution in [3.63, 3.8) is 0 Å². The van der Waals surface area contributed by atoms with Gasteiger partial charge in [0.2, 0.25) is 0 Å². The average molecular weight is 928 g/mol. The van der Waals surface area contributed by atoms with Crippen LogP contribution in [0.3, 0.4) is 0 Å². The Hall–Kier alpha value is -9.70. The summed E-state index contributed by atoms with van der Waals surface area (Å²) in [6.45, 7) is 0. The van der Waals surface area contributed by atoms with Crippen molar-refractivity contribution < 1.29 is 0 Å². The van der Waals surface area contributed by atoms with Crippen LogP contribution in [0.4, 0.5) is 39.8 Å². The highest BCUT2D eigenvalue weighted by atomic mass is 15.1. The number of rotatable bonds is 9. The minimum absolute atomic E-state index is 1.08. The number of hydrogen-bond acceptors (Lipinski definition) is 3. The van der Waals surface area contributed by atoms with Gasteiger partial charge in [0, 0.05) is 50.3 Å². The molecule has 0 heterocycles. The van der Waals surface area contributed by atoms with E-state index in [2.05, 4.69) is 276 Å². The van der Waals surface area contributed by atoms with Gasteiger partial charge in [-0.15, -0.1) is 0 Å². The first-order chi connectivity index (χ1) is 36.2. The molecule has 0 aliphatic carbocycles. The Bertz CT molecular complexity index is 4350. The fraction of sp³-hybridized carbons (Fsp3) is 0. The van der Waals surface area contributed by atoms with Crippen molar-refractivity contribution in [1.29, 1.82) is 0 Å². The monoisotopic (exact) mass is 927 g/mol. The Balaban J connectivity index is 0.851. The Labute approximate surface area is 422 Å². The van der Waals surface area contributed by atoms with E-state index < -0.39 is 0 Å². The second-order valence-corrected chi connectivity index (χ2v) is 19.4. The molecule has 0 aliphatic heterocycles. The van der Waals surface area contributed by atoms with Gasteiger partial charge < -0.3 is 15.5 Å². The number of nitrogens with zero attached hydrogens (tertiary/aromatic N) is 1. The summed E-state index contributed by atoms with van der Waals surface area (Å²) < 4.78 is 0. The number of anilines is 7. The second-order valence-electron chi connectivity index (χ2n) is 19.4. The maximum absolute atomic E-state index is 3.70. The lowest BCUT2D eigenvalue weighted by Crippen LogP contribution is -2.10. The van der Waals surface area contributed by atoms with E-state index in [9.17, 15) is 0 Å². The zero-order valence-electron chi connectivity index (χ0n) is 39.8. The number of hydrogen-bond donors (Lipinski definition) is 2. The summed E-state index contributed by atoms with van der Waals surface area (Å²) in [5.41, 5.74) is 12.5. The van der Waals surface area contributed by atoms with E-state index in [0.717, 1.165) is 39.8 Å². The minimum Gasteiger partial charge on any atom is -0.355 e. The largest absolute Gasteiger partial charge is 0.355 e. The van der Waals surface area contributed by atoms with E-state index in [4.69, 9.17) is 0 Å². The lowest BCUT2D eigenvalue weighted by atomic mass is 9.89. The maximum atomic E-state index is 3.70. The fourth-order valence-electron chi connectivity index (χ4n) is 11.9. The zero-order chi connectivity index (χ0) is 48.0. The molecule has 340 valence electrons. The molecule has 2 N–H and O–H groups in total. The van der Waals surface area contributed by atoms with Crippen molar-refractivity contribution in [3.05, 3.63) is 261 Å². The highest BCUT2D eigenvalue weighted by molar-refractivity contribution is 6.29. The predicted molar refractivity (Wildman–Crippen MR) is 314 cm³/mol. The fourth-order valence-corrected chi connectivity index (χ4v) is 11.9. The molecule has 0 aliphatic rings. The third-order valence-electron chi connectivity index (χ3n) is 15.3. The molecule has 0 bridgehead atoms. The van der Waals surface area contributed by atoms with E-state index in [1.165, 1.54) is 108 Å². The summed E-state index contributed by atoms with van der Waals surface area (Å²) in [6, 6.07) is 95.6. The van der Waals surface area contributed by atoms with Crippen LogP contribution in [-0.4, -0.2) is 0 Å². The van der Waals surface area contributed by atoms with E-state index in [-0.39, 0.29) is 0 Å². The smallest absolute Gasteiger partial charge is 0.0546 e. The van der Waals surface area contributed by atoms with Gasteiger partial charge in [-0.25, -0.2) is 0 Å². The van der Waals surface area contributed by atoms with Crippen LogP contribution in [0.5, 0.6) is 0 Å². The molecule has 0 aromatic heterocycles. The molecule has 3 nitrogen and oxygen atoms in total. The maximum Gasteiger partial charge on any atom is 0.0546 e. The molecule has 0 fully saturated rings. The average Bonchev–Trinajstić information content (AvgIpc) is 3.45. The Morgan fingerprint density at radius 1 is 0.247 bits per heavy atom. The number of para-hydroxylation sites is 2. The van der Waals surface area contributed by atoms with Crippen LogP contribution in [0.15, 0.2) is 261 Å². The number of nitrogens with one attached hydrogen (secondary N) is 2. The normalized spacial score (nSPS) is 11.8. The van der Waals surface area contributed by atoms with Crippen molar-refractivity contribution in [1.82, 2.24) is 0 Å². The van der Waals surface area contributed by atoms with Crippen LogP contribution in [0, 0.1) is 0 Å². The topological polar surface area (TPSA) is 27.3 Å². The van der Waals surface area contributed by atoms with Gasteiger partial charge >= 0.3 is 0 Å². The van der Waals surface area contributed by atoms with Gasteiger partial charge in [0.05, 0.1) is 5.69 Å². The van der Waals surface area contributed by atoms with Crippen LogP contribution in [0.25, 0.3) is 108 Å². The molecule has 0 amide bonds. The SMILES string of the molecule is c1ccc(Nc2ccc3ccc4ccc(-c5ccc(N(c6ccc(-c7ccc8ccc9ccc(Nc%10ccccc%10)c%10ccc7c8c9%10)cc6)c6cc7ccccc7c7ccccc67)cc5)c5ccc2c3c45)cc1. The van der Waals surface area contributed by atoms with Crippen LogP contribution in [-0.2, 0) is 0 Å². The molecular formula is C70H45N3. The Kier molecular flexibility index (Phi) is 9.26. The molecule has 0 saturated carbocycles. The summed E-state index contributed by atoms with van der Waals surface area (Å²) >= 11 is 0. The molecule has 15 aromatic rings. The van der Waals surface area contributed by atoms with Crippen molar-refractivity contribution in [2.75, 3.05) is 15.5 Å². The predicted octanol–water partition coefficient (Wildman–Crippen LogP) is 20.1. The third-order valence-corrected chi connectivity index (χ3v) is 15.3. The van der Waals surface area contributed by atoms with Crippen molar-refractivity contribution in [2.45, 2.75) is 0 Å². The lowest BCUT2D eigenvalue weighted by Gasteiger charge is -2.28. The molecule has 0 atom stereocenters. The third kappa shape index (κ3) is 6.67. The molecule has 0 spiro atoms. The molecular weight excluding hydrogens is 883 g/mol. The molecule has 73 heavy (non-hydrogen) atoms. The summed E-state index contributed by atoms with van der Waals surface area (Å²) in [5.74, 6) is 0. The van der Waals surface area contributed by atoms with Gasteiger partial charge in [-0.05, 0) is 159 Å². The molecule has 15 rings (SSSR count). The Morgan fingerprint density at radius 2 is 0.630 bits per heavy atom. The van der Waals surface area contributed by atoms with E-state index in [1.54, 1.807) is 0 Å². The molecule has 15 aromatic carbocycles. The lowest BCUT2D eigenvalue weighted by molar-refractivity contribution is 1.30. The summed E-state index contributed by atoms with van der Waals surface area (Å²) in [4.78, 5) is 2.44. The van der Waals surface area contributed by atoms with E-state index in [0.29, 0.717) is 0 Å². The Morgan fingerprint density at radius 3 is 1.12 bits per heavy atom. The van der Waals surface area contributed by atoms with Crippen molar-refractivity contribution in [3.8, 4) is 22.3 Å². The number of benzene rings is 15. The van der Waals surface area contributed by atoms with Crippen LogP contribution in [0.2, 0.25) is 0 Å². The van der Waals surface area contributed by atoms with E-state index >= 15 is 0 Å². The first kappa shape index (κ1) is 41.1. The quantitative estimate of drug-likeness (QED) is 0.141. The summed E-state index contributed by atoms with van der Waals surface area (Å²) in [6.07, 6.45) is 0. The molecule has 3 heteroatoms. The summed E-state index contributed by atoms with van der Waals surface area (Å²) in [5, 5.41) is 27.4. The van der Waals surface area contributed by atoms with Gasteiger partial charge in [-0.2, -0.15) is 0 Å². The second kappa shape index (κ2) is 16.4. The van der Waals surface area contributed by atoms with Gasteiger partial charge in [0.15, 0.2) is 0 Å². The first-order valence-corrected chi connectivity index (χ1v) is 25.2. The minimum atomic E-state index is 1.08. The molecule has 0 unspecified atom stereocenters. The van der Waals surface area contributed by atoms with Gasteiger partial charge in [-0.3, -0.25) is 0 Å².